The second kappa shape index (κ2) is 9.04. The summed E-state index contributed by atoms with van der Waals surface area (Å²) in [7, 11) is 0. The van der Waals surface area contributed by atoms with Gasteiger partial charge in [0.25, 0.3) is 0 Å². The Labute approximate surface area is 169 Å². The van der Waals surface area contributed by atoms with Gasteiger partial charge >= 0.3 is 6.09 Å². The Balaban J connectivity index is 2.20. The number of carbonyl (C=O) groups excluding carboxylic acids is 2. The number of aliphatic hydroxyl groups is 1. The van der Waals surface area contributed by atoms with E-state index in [1.807, 2.05) is 0 Å². The van der Waals surface area contributed by atoms with Crippen LogP contribution in [0.5, 0.6) is 0 Å². The molecule has 29 heavy (non-hydrogen) atoms. The van der Waals surface area contributed by atoms with Crippen molar-refractivity contribution in [3.63, 3.8) is 0 Å². The first-order valence-electron chi connectivity index (χ1n) is 9.51. The molecule has 1 aromatic carbocycles. The van der Waals surface area contributed by atoms with Crippen molar-refractivity contribution in [2.45, 2.75) is 57.9 Å². The topological polar surface area (TPSA) is 96.1 Å². The van der Waals surface area contributed by atoms with Crippen LogP contribution in [0, 0.1) is 11.6 Å². The highest BCUT2D eigenvalue weighted by Crippen LogP contribution is 2.21. The van der Waals surface area contributed by atoms with Crippen molar-refractivity contribution in [2.24, 2.45) is 5.73 Å². The number of piperazine rings is 1. The van der Waals surface area contributed by atoms with Gasteiger partial charge in [-0.1, -0.05) is 0 Å². The van der Waals surface area contributed by atoms with Crippen LogP contribution in [-0.4, -0.2) is 70.3 Å². The molecule has 0 spiro atoms. The number of benzene rings is 1. The molecule has 1 unspecified atom stereocenters. The Hall–Kier alpha value is -2.26. The first-order valence-corrected chi connectivity index (χ1v) is 9.51. The second-order valence-corrected chi connectivity index (χ2v) is 8.34. The van der Waals surface area contributed by atoms with Gasteiger partial charge in [-0.15, -0.1) is 0 Å². The van der Waals surface area contributed by atoms with E-state index in [0.717, 1.165) is 18.2 Å². The largest absolute Gasteiger partial charge is 0.444 e. The van der Waals surface area contributed by atoms with Crippen LogP contribution < -0.4 is 5.73 Å². The fraction of sp³-hybridized carbons (Fsp3) is 0.600. The van der Waals surface area contributed by atoms with E-state index in [0.29, 0.717) is 6.54 Å². The highest BCUT2D eigenvalue weighted by Gasteiger charge is 2.40. The van der Waals surface area contributed by atoms with Gasteiger partial charge in [0.15, 0.2) is 0 Å². The monoisotopic (exact) mass is 413 g/mol. The lowest BCUT2D eigenvalue weighted by molar-refractivity contribution is -0.133. The molecular weight excluding hydrogens is 384 g/mol. The molecule has 3 N–H and O–H groups in total. The molecule has 7 nitrogen and oxygen atoms in total. The van der Waals surface area contributed by atoms with Gasteiger partial charge in [0.05, 0.1) is 12.1 Å². The fourth-order valence-electron chi connectivity index (χ4n) is 3.34. The van der Waals surface area contributed by atoms with Gasteiger partial charge in [0.2, 0.25) is 5.91 Å². The quantitative estimate of drug-likeness (QED) is 0.783. The van der Waals surface area contributed by atoms with E-state index in [4.69, 9.17) is 10.5 Å². The SMILES string of the molecule is CC(=O)N1CCN(C(=O)OC(C)(C)C)[C@@H]([C@@H](O)C(N)Cc2cc(F)cc(F)c2)C1. The number of aliphatic hydroxyl groups excluding tert-OH is 1. The molecule has 1 aliphatic rings. The summed E-state index contributed by atoms with van der Waals surface area (Å²) in [5, 5.41) is 10.9. The van der Waals surface area contributed by atoms with E-state index in [9.17, 15) is 23.5 Å². The third-order valence-corrected chi connectivity index (χ3v) is 4.72. The summed E-state index contributed by atoms with van der Waals surface area (Å²) in [6, 6.07) is 1.31. The highest BCUT2D eigenvalue weighted by molar-refractivity contribution is 5.74. The summed E-state index contributed by atoms with van der Waals surface area (Å²) in [4.78, 5) is 27.3. The third-order valence-electron chi connectivity index (χ3n) is 4.72. The molecular formula is C20H29F2N3O4. The Morgan fingerprint density at radius 3 is 2.34 bits per heavy atom. The van der Waals surface area contributed by atoms with Crippen molar-refractivity contribution >= 4 is 12.0 Å². The lowest BCUT2D eigenvalue weighted by Gasteiger charge is -2.44. The minimum absolute atomic E-state index is 0.00538. The number of amides is 2. The summed E-state index contributed by atoms with van der Waals surface area (Å²) in [5.74, 6) is -1.67. The first kappa shape index (κ1) is 23.0. The standard InChI is InChI=1S/C20H29F2N3O4/c1-12(26)24-5-6-25(19(28)29-20(2,3)4)17(11-24)18(27)16(23)9-13-7-14(21)10-15(22)8-13/h7-8,10,16-18,27H,5-6,9,11,23H2,1-4H3/t16?,17-,18+/m1/s1. The van der Waals surface area contributed by atoms with Crippen LogP contribution >= 0.6 is 0 Å². The average molecular weight is 413 g/mol. The number of rotatable bonds is 4. The first-order chi connectivity index (χ1) is 13.4. The van der Waals surface area contributed by atoms with E-state index in [1.54, 1.807) is 20.8 Å². The molecule has 162 valence electrons. The number of nitrogens with zero attached hydrogens (tertiary/aromatic N) is 2. The highest BCUT2D eigenvalue weighted by atomic mass is 19.1. The molecule has 1 aliphatic heterocycles. The van der Waals surface area contributed by atoms with Crippen molar-refractivity contribution in [3.8, 4) is 0 Å². The van der Waals surface area contributed by atoms with Gasteiger partial charge in [0.1, 0.15) is 17.2 Å². The maximum atomic E-state index is 13.4. The van der Waals surface area contributed by atoms with Crippen molar-refractivity contribution in [3.05, 3.63) is 35.4 Å². The molecule has 2 amide bonds. The Morgan fingerprint density at radius 1 is 1.24 bits per heavy atom. The number of halogens is 2. The molecule has 0 bridgehead atoms. The molecule has 0 radical (unpaired) electrons. The van der Waals surface area contributed by atoms with Crippen molar-refractivity contribution in [1.29, 1.82) is 0 Å². The van der Waals surface area contributed by atoms with Gasteiger partial charge in [-0.3, -0.25) is 9.69 Å². The minimum atomic E-state index is -1.24. The van der Waals surface area contributed by atoms with Crippen molar-refractivity contribution < 1.29 is 28.2 Å². The van der Waals surface area contributed by atoms with Crippen LogP contribution in [0.1, 0.15) is 33.3 Å². The number of hydrogen-bond donors (Lipinski definition) is 2. The van der Waals surface area contributed by atoms with Crippen LogP contribution in [0.3, 0.4) is 0 Å². The van der Waals surface area contributed by atoms with E-state index in [2.05, 4.69) is 0 Å². The maximum Gasteiger partial charge on any atom is 0.410 e. The van der Waals surface area contributed by atoms with E-state index in [1.165, 1.54) is 16.7 Å². The van der Waals surface area contributed by atoms with E-state index >= 15 is 0 Å². The maximum absolute atomic E-state index is 13.4. The zero-order chi connectivity index (χ0) is 21.9. The number of hydrogen-bond acceptors (Lipinski definition) is 5. The number of carbonyl (C=O) groups is 2. The summed E-state index contributed by atoms with van der Waals surface area (Å²) in [5.41, 5.74) is 5.67. The molecule has 1 fully saturated rings. The molecule has 1 heterocycles. The molecule has 3 atom stereocenters. The Morgan fingerprint density at radius 2 is 1.83 bits per heavy atom. The summed E-state index contributed by atoms with van der Waals surface area (Å²) in [6.45, 7) is 7.16. The normalized spacial score (nSPS) is 19.7. The van der Waals surface area contributed by atoms with Gasteiger partial charge in [-0.25, -0.2) is 13.6 Å². The summed E-state index contributed by atoms with van der Waals surface area (Å²) >= 11 is 0. The van der Waals surface area contributed by atoms with Gasteiger partial charge < -0.3 is 20.5 Å². The number of nitrogens with two attached hydrogens (primary N) is 1. The fourth-order valence-corrected chi connectivity index (χ4v) is 3.34. The summed E-state index contributed by atoms with van der Waals surface area (Å²) in [6.07, 6.45) is -1.86. The molecule has 0 aliphatic carbocycles. The zero-order valence-electron chi connectivity index (χ0n) is 17.2. The molecule has 0 saturated carbocycles. The smallest absolute Gasteiger partial charge is 0.410 e. The van der Waals surface area contributed by atoms with Gasteiger partial charge in [0, 0.05) is 38.7 Å². The predicted molar refractivity (Wildman–Crippen MR) is 103 cm³/mol. The predicted octanol–water partition coefficient (Wildman–Crippen LogP) is 1.66. The molecule has 2 rings (SSSR count). The molecule has 1 aromatic rings. The van der Waals surface area contributed by atoms with Gasteiger partial charge in [-0.05, 0) is 44.9 Å². The van der Waals surface area contributed by atoms with Crippen LogP contribution in [0.4, 0.5) is 13.6 Å². The van der Waals surface area contributed by atoms with Crippen LogP contribution in [0.2, 0.25) is 0 Å². The van der Waals surface area contributed by atoms with Crippen molar-refractivity contribution in [1.82, 2.24) is 9.80 Å². The lowest BCUT2D eigenvalue weighted by Crippen LogP contribution is -2.64. The second-order valence-electron chi connectivity index (χ2n) is 8.34. The van der Waals surface area contributed by atoms with Crippen LogP contribution in [0.15, 0.2) is 18.2 Å². The Kier molecular flexibility index (Phi) is 7.18. The minimum Gasteiger partial charge on any atom is -0.444 e. The van der Waals surface area contributed by atoms with Gasteiger partial charge in [-0.2, -0.15) is 0 Å². The molecule has 9 heteroatoms. The third kappa shape index (κ3) is 6.37. The zero-order valence-corrected chi connectivity index (χ0v) is 17.2. The van der Waals surface area contributed by atoms with Crippen molar-refractivity contribution in [2.75, 3.05) is 19.6 Å². The number of ether oxygens (including phenoxy) is 1. The lowest BCUT2D eigenvalue weighted by atomic mass is 9.94. The van der Waals surface area contributed by atoms with E-state index < -0.39 is 41.5 Å². The van der Waals surface area contributed by atoms with E-state index in [-0.39, 0.29) is 31.0 Å². The van der Waals surface area contributed by atoms with Crippen LogP contribution in [-0.2, 0) is 16.0 Å². The van der Waals surface area contributed by atoms with Crippen LogP contribution in [0.25, 0.3) is 0 Å². The Bertz CT molecular complexity index is 733. The average Bonchev–Trinajstić information content (AvgIpc) is 2.58. The molecule has 0 aromatic heterocycles. The summed E-state index contributed by atoms with van der Waals surface area (Å²) < 4.78 is 32.3. The molecule has 1 saturated heterocycles.